The summed E-state index contributed by atoms with van der Waals surface area (Å²) < 4.78 is 42.3. The Morgan fingerprint density at radius 3 is 2.50 bits per heavy atom. The van der Waals surface area contributed by atoms with Crippen molar-refractivity contribution >= 4 is 11.8 Å². The van der Waals surface area contributed by atoms with E-state index in [0.717, 1.165) is 12.2 Å². The van der Waals surface area contributed by atoms with Gasteiger partial charge in [-0.3, -0.25) is 14.5 Å². The molecule has 0 bridgehead atoms. The van der Waals surface area contributed by atoms with Gasteiger partial charge >= 0.3 is 6.18 Å². The van der Waals surface area contributed by atoms with Gasteiger partial charge < -0.3 is 21.4 Å². The number of hydrogen-bond donors (Lipinski definition) is 3. The average molecular weight is 398 g/mol. The Morgan fingerprint density at radius 1 is 1.32 bits per heavy atom. The minimum atomic E-state index is -4.62. The van der Waals surface area contributed by atoms with Crippen LogP contribution in [0.25, 0.3) is 0 Å². The van der Waals surface area contributed by atoms with E-state index < -0.39 is 41.2 Å². The molecule has 0 radical (unpaired) electrons. The second-order valence-electron chi connectivity index (χ2n) is 7.08. The summed E-state index contributed by atoms with van der Waals surface area (Å²) in [6.45, 7) is 1.44. The van der Waals surface area contributed by atoms with E-state index in [0.29, 0.717) is 0 Å². The van der Waals surface area contributed by atoms with Crippen LogP contribution in [-0.2, 0) is 22.3 Å². The molecule has 1 aromatic heterocycles. The van der Waals surface area contributed by atoms with E-state index in [9.17, 15) is 22.8 Å². The summed E-state index contributed by atoms with van der Waals surface area (Å²) in [7, 11) is 1.63. The van der Waals surface area contributed by atoms with Gasteiger partial charge in [-0.1, -0.05) is 0 Å². The second kappa shape index (κ2) is 6.66. The second-order valence-corrected chi connectivity index (χ2v) is 7.08. The van der Waals surface area contributed by atoms with Gasteiger partial charge in [0.15, 0.2) is 11.5 Å². The van der Waals surface area contributed by atoms with Gasteiger partial charge in [-0.2, -0.15) is 13.2 Å². The normalized spacial score (nSPS) is 28.5. The number of nitrogens with one attached hydrogen (secondary N) is 1. The molecule has 0 aromatic carbocycles. The molecule has 0 spiro atoms. The molecule has 11 heteroatoms. The number of hydrogen-bond acceptors (Lipinski definition) is 5. The lowest BCUT2D eigenvalue weighted by Gasteiger charge is -2.45. The number of halogens is 3. The van der Waals surface area contributed by atoms with Gasteiger partial charge in [0, 0.05) is 31.7 Å². The summed E-state index contributed by atoms with van der Waals surface area (Å²) in [6.07, 6.45) is 0.369. The van der Waals surface area contributed by atoms with Crippen molar-refractivity contribution in [3.05, 3.63) is 41.6 Å². The number of likely N-dealkylation sites (tertiary alicyclic amines) is 1. The van der Waals surface area contributed by atoms with Crippen molar-refractivity contribution in [2.75, 3.05) is 6.54 Å². The molecule has 3 heterocycles. The summed E-state index contributed by atoms with van der Waals surface area (Å²) in [4.78, 5) is 29.5. The highest BCUT2D eigenvalue weighted by Crippen LogP contribution is 2.42. The Bertz CT molecular complexity index is 874. The number of dihydropyridines is 1. The first kappa shape index (κ1) is 19.9. The molecule has 2 amide bonds. The molecular formula is C17H21F3N6O2. The number of rotatable bonds is 4. The lowest BCUT2D eigenvalue weighted by molar-refractivity contribution is -0.124. The molecular weight excluding hydrogens is 377 g/mol. The summed E-state index contributed by atoms with van der Waals surface area (Å²) in [6, 6.07) is -1.00. The molecule has 1 saturated heterocycles. The first-order valence-electron chi connectivity index (χ1n) is 8.55. The molecule has 8 nitrogen and oxygen atoms in total. The number of carbonyl (C=O) groups excluding carboxylic acids is 2. The lowest BCUT2D eigenvalue weighted by atomic mass is 9.96. The molecule has 1 fully saturated rings. The fourth-order valence-electron chi connectivity index (χ4n) is 3.87. The number of allylic oxidation sites excluding steroid dienone is 3. The number of imidazole rings is 1. The van der Waals surface area contributed by atoms with Crippen molar-refractivity contribution < 1.29 is 22.8 Å². The Labute approximate surface area is 159 Å². The van der Waals surface area contributed by atoms with E-state index in [2.05, 4.69) is 10.3 Å². The summed E-state index contributed by atoms with van der Waals surface area (Å²) in [5.41, 5.74) is 8.62. The number of aryl methyl sites for hydroxylation is 1. The Hall–Kier alpha value is -2.82. The monoisotopic (exact) mass is 398 g/mol. The van der Waals surface area contributed by atoms with Gasteiger partial charge in [-0.25, -0.2) is 4.98 Å². The van der Waals surface area contributed by atoms with Crippen molar-refractivity contribution in [3.8, 4) is 0 Å². The Balaban J connectivity index is 2.23. The van der Waals surface area contributed by atoms with Crippen molar-refractivity contribution in [1.82, 2.24) is 19.8 Å². The fourth-order valence-corrected chi connectivity index (χ4v) is 3.87. The molecule has 3 rings (SSSR count). The highest BCUT2D eigenvalue weighted by molar-refractivity contribution is 5.84. The zero-order valence-electron chi connectivity index (χ0n) is 15.3. The molecule has 0 saturated carbocycles. The first-order valence-corrected chi connectivity index (χ1v) is 8.55. The lowest BCUT2D eigenvalue weighted by Crippen LogP contribution is -2.61. The third-order valence-electron chi connectivity index (χ3n) is 5.10. The largest absolute Gasteiger partial charge is 0.416 e. The van der Waals surface area contributed by atoms with E-state index >= 15 is 0 Å². The van der Waals surface area contributed by atoms with Crippen molar-refractivity contribution in [2.45, 2.75) is 31.2 Å². The van der Waals surface area contributed by atoms with Gasteiger partial charge in [0.25, 0.3) is 0 Å². The molecule has 5 N–H and O–H groups in total. The van der Waals surface area contributed by atoms with Crippen LogP contribution >= 0.6 is 0 Å². The van der Waals surface area contributed by atoms with Crippen LogP contribution in [0.3, 0.4) is 0 Å². The number of alkyl halides is 3. The SMILES string of the molecule is CC1=CC(C(F)(F)F)=CC(c2nccn2C)(N2CC(C(N)=O)CC2C(N)=O)N1. The van der Waals surface area contributed by atoms with Crippen molar-refractivity contribution in [1.29, 1.82) is 0 Å². The van der Waals surface area contributed by atoms with E-state index in [1.54, 1.807) is 17.8 Å². The molecule has 28 heavy (non-hydrogen) atoms. The minimum Gasteiger partial charge on any atom is -0.369 e. The summed E-state index contributed by atoms with van der Waals surface area (Å²) in [5, 5.41) is 3.03. The molecule has 1 aromatic rings. The third kappa shape index (κ3) is 3.26. The standard InChI is InChI=1S/C17H21F3N6O2/c1-9-5-11(17(18,19)20)7-16(24-9,15-23-3-4-25(15)2)26-8-10(13(21)27)6-12(26)14(22)28/h3-5,7,10,12,24H,6,8H2,1-2H3,(H2,21,27)(H2,22,28). The minimum absolute atomic E-state index is 0.0243. The number of primary amides is 2. The molecule has 0 aliphatic carbocycles. The highest BCUT2D eigenvalue weighted by atomic mass is 19.4. The van der Waals surface area contributed by atoms with E-state index in [-0.39, 0.29) is 24.5 Å². The average Bonchev–Trinajstić information content (AvgIpc) is 3.20. The summed E-state index contributed by atoms with van der Waals surface area (Å²) in [5.74, 6) is -1.91. The van der Waals surface area contributed by atoms with Crippen LogP contribution in [0.1, 0.15) is 19.2 Å². The first-order chi connectivity index (χ1) is 13.0. The van der Waals surface area contributed by atoms with Crippen molar-refractivity contribution in [3.63, 3.8) is 0 Å². The number of nitrogens with zero attached hydrogens (tertiary/aromatic N) is 3. The zero-order chi connectivity index (χ0) is 20.9. The van der Waals surface area contributed by atoms with Gasteiger partial charge in [-0.05, 0) is 25.5 Å². The smallest absolute Gasteiger partial charge is 0.369 e. The van der Waals surface area contributed by atoms with Crippen LogP contribution < -0.4 is 16.8 Å². The highest BCUT2D eigenvalue weighted by Gasteiger charge is 2.53. The van der Waals surface area contributed by atoms with Crippen LogP contribution in [0.4, 0.5) is 13.2 Å². The van der Waals surface area contributed by atoms with E-state index in [1.165, 1.54) is 18.0 Å². The van der Waals surface area contributed by atoms with E-state index in [4.69, 9.17) is 11.5 Å². The fraction of sp³-hybridized carbons (Fsp3) is 0.471. The molecule has 2 aliphatic rings. The Kier molecular flexibility index (Phi) is 4.74. The third-order valence-corrected chi connectivity index (χ3v) is 5.10. The van der Waals surface area contributed by atoms with Gasteiger partial charge in [0.05, 0.1) is 17.5 Å². The Morgan fingerprint density at radius 2 is 2.00 bits per heavy atom. The van der Waals surface area contributed by atoms with Gasteiger partial charge in [-0.15, -0.1) is 0 Å². The maximum absolute atomic E-state index is 13.6. The van der Waals surface area contributed by atoms with Crippen LogP contribution in [0.15, 0.2) is 35.8 Å². The number of amides is 2. The van der Waals surface area contributed by atoms with Gasteiger partial charge in [0.2, 0.25) is 11.8 Å². The van der Waals surface area contributed by atoms with Crippen LogP contribution in [-0.4, -0.2) is 45.0 Å². The molecule has 2 aliphatic heterocycles. The zero-order valence-corrected chi connectivity index (χ0v) is 15.3. The maximum atomic E-state index is 13.6. The molecule has 152 valence electrons. The quantitative estimate of drug-likeness (QED) is 0.671. The van der Waals surface area contributed by atoms with Crippen molar-refractivity contribution in [2.24, 2.45) is 24.4 Å². The van der Waals surface area contributed by atoms with E-state index in [1.807, 2.05) is 0 Å². The predicted molar refractivity (Wildman–Crippen MR) is 92.9 cm³/mol. The van der Waals surface area contributed by atoms with Gasteiger partial charge in [0.1, 0.15) is 0 Å². The van der Waals surface area contributed by atoms with Crippen LogP contribution in [0.2, 0.25) is 0 Å². The molecule has 3 atom stereocenters. The summed E-state index contributed by atoms with van der Waals surface area (Å²) >= 11 is 0. The van der Waals surface area contributed by atoms with Crippen LogP contribution in [0, 0.1) is 5.92 Å². The topological polar surface area (TPSA) is 119 Å². The number of carbonyl (C=O) groups is 2. The van der Waals surface area contributed by atoms with Crippen LogP contribution in [0.5, 0.6) is 0 Å². The number of aromatic nitrogens is 2. The maximum Gasteiger partial charge on any atom is 0.416 e. The number of nitrogens with two attached hydrogens (primary N) is 2. The predicted octanol–water partition coefficient (Wildman–Crippen LogP) is 0.230. The molecule has 3 unspecified atom stereocenters.